The van der Waals surface area contributed by atoms with Gasteiger partial charge in [-0.05, 0) is 11.5 Å². The van der Waals surface area contributed by atoms with E-state index in [0.29, 0.717) is 13.1 Å². The molecule has 4 rings (SSSR count). The largest absolute Gasteiger partial charge is 0.355 e. The third kappa shape index (κ3) is 3.75. The summed E-state index contributed by atoms with van der Waals surface area (Å²) in [6, 6.07) is 13.9. The van der Waals surface area contributed by atoms with Gasteiger partial charge in [-0.25, -0.2) is 4.98 Å². The van der Waals surface area contributed by atoms with Gasteiger partial charge in [-0.3, -0.25) is 9.59 Å². The van der Waals surface area contributed by atoms with Crippen molar-refractivity contribution in [3.63, 3.8) is 0 Å². The minimum atomic E-state index is -0.315. The highest BCUT2D eigenvalue weighted by atomic mass is 32.2. The fourth-order valence-electron chi connectivity index (χ4n) is 3.51. The number of aromatic nitrogens is 2. The third-order valence-electron chi connectivity index (χ3n) is 4.96. The predicted octanol–water partition coefficient (Wildman–Crippen LogP) is 2.83. The molecule has 0 bridgehead atoms. The van der Waals surface area contributed by atoms with Crippen molar-refractivity contribution in [2.45, 2.75) is 11.6 Å². The minimum absolute atomic E-state index is 0.00103. The van der Waals surface area contributed by atoms with Gasteiger partial charge in [-0.2, -0.15) is 0 Å². The lowest BCUT2D eigenvalue weighted by Gasteiger charge is -2.19. The fraction of sp³-hybridized carbons (Fsp3) is 0.286. The van der Waals surface area contributed by atoms with Crippen LogP contribution in [0.1, 0.15) is 6.42 Å². The van der Waals surface area contributed by atoms with Crippen LogP contribution in [-0.4, -0.2) is 40.2 Å². The summed E-state index contributed by atoms with van der Waals surface area (Å²) in [5, 5.41) is 6.01. The molecule has 28 heavy (non-hydrogen) atoms. The summed E-state index contributed by atoms with van der Waals surface area (Å²) in [5.41, 5.74) is 0.878. The zero-order valence-corrected chi connectivity index (χ0v) is 16.5. The fourth-order valence-corrected chi connectivity index (χ4v) is 4.30. The highest BCUT2D eigenvalue weighted by molar-refractivity contribution is 7.99. The van der Waals surface area contributed by atoms with Crippen LogP contribution in [0.4, 0.5) is 5.69 Å². The van der Waals surface area contributed by atoms with Crippen molar-refractivity contribution in [2.75, 3.05) is 23.7 Å². The number of hydrogen-bond donors (Lipinski definition) is 1. The molecular formula is C21H22N4O2S. The van der Waals surface area contributed by atoms with E-state index in [1.54, 1.807) is 22.9 Å². The molecule has 2 aromatic carbocycles. The van der Waals surface area contributed by atoms with E-state index in [2.05, 4.69) is 10.3 Å². The van der Waals surface area contributed by atoms with Crippen LogP contribution in [0.25, 0.3) is 10.8 Å². The second-order valence-electron chi connectivity index (χ2n) is 6.86. The first-order chi connectivity index (χ1) is 13.6. The standard InChI is InChI=1S/C21H22N4O2S/c1-24-11-9-23-21(24)28-12-10-22-20(27)16-13-19(26)25(14-16)18-8-4-6-15-5-2-3-7-17(15)18/h2-9,11,16H,10,12-14H2,1H3,(H,22,27). The molecule has 2 heterocycles. The minimum Gasteiger partial charge on any atom is -0.355 e. The van der Waals surface area contributed by atoms with Gasteiger partial charge in [-0.15, -0.1) is 0 Å². The predicted molar refractivity (Wildman–Crippen MR) is 111 cm³/mol. The van der Waals surface area contributed by atoms with Gasteiger partial charge in [0.2, 0.25) is 11.8 Å². The smallest absolute Gasteiger partial charge is 0.227 e. The Labute approximate surface area is 167 Å². The van der Waals surface area contributed by atoms with Gasteiger partial charge < -0.3 is 14.8 Å². The summed E-state index contributed by atoms with van der Waals surface area (Å²) in [5.74, 6) is 0.365. The van der Waals surface area contributed by atoms with Crippen molar-refractivity contribution in [1.29, 1.82) is 0 Å². The van der Waals surface area contributed by atoms with Gasteiger partial charge in [0.05, 0.1) is 11.6 Å². The lowest BCUT2D eigenvalue weighted by Crippen LogP contribution is -2.34. The molecular weight excluding hydrogens is 372 g/mol. The first kappa shape index (κ1) is 18.6. The summed E-state index contributed by atoms with van der Waals surface area (Å²) in [4.78, 5) is 31.1. The third-order valence-corrected chi connectivity index (χ3v) is 6.02. The molecule has 1 atom stereocenters. The molecule has 1 fully saturated rings. The topological polar surface area (TPSA) is 67.2 Å². The quantitative estimate of drug-likeness (QED) is 0.516. The number of hydrogen-bond acceptors (Lipinski definition) is 4. The van der Waals surface area contributed by atoms with E-state index in [-0.39, 0.29) is 24.2 Å². The Morgan fingerprint density at radius 1 is 1.25 bits per heavy atom. The second-order valence-corrected chi connectivity index (χ2v) is 7.93. The summed E-state index contributed by atoms with van der Waals surface area (Å²) < 4.78 is 1.95. The number of rotatable bonds is 6. The number of amides is 2. The van der Waals surface area contributed by atoms with Gasteiger partial charge in [0.15, 0.2) is 5.16 Å². The number of benzene rings is 2. The number of anilines is 1. The number of fused-ring (bicyclic) bond motifs is 1. The molecule has 0 aliphatic carbocycles. The highest BCUT2D eigenvalue weighted by Crippen LogP contribution is 2.31. The van der Waals surface area contributed by atoms with Crippen LogP contribution in [-0.2, 0) is 16.6 Å². The van der Waals surface area contributed by atoms with Gasteiger partial charge in [0.1, 0.15) is 0 Å². The number of carbonyl (C=O) groups excluding carboxylic acids is 2. The number of carbonyl (C=O) groups is 2. The maximum Gasteiger partial charge on any atom is 0.227 e. The molecule has 0 saturated carbocycles. The Hall–Kier alpha value is -2.80. The Morgan fingerprint density at radius 3 is 2.89 bits per heavy atom. The van der Waals surface area contributed by atoms with E-state index in [0.717, 1.165) is 27.4 Å². The van der Waals surface area contributed by atoms with Crippen LogP contribution in [0.3, 0.4) is 0 Å². The Bertz CT molecular complexity index is 1010. The molecule has 144 valence electrons. The first-order valence-corrected chi connectivity index (χ1v) is 10.3. The average Bonchev–Trinajstić information content (AvgIpc) is 3.30. The molecule has 7 heteroatoms. The Kier molecular flexibility index (Phi) is 5.34. The van der Waals surface area contributed by atoms with Crippen LogP contribution < -0.4 is 10.2 Å². The lowest BCUT2D eigenvalue weighted by atomic mass is 10.1. The second kappa shape index (κ2) is 8.06. The number of thioether (sulfide) groups is 1. The molecule has 3 aromatic rings. The summed E-state index contributed by atoms with van der Waals surface area (Å²) in [6.07, 6.45) is 3.90. The van der Waals surface area contributed by atoms with Crippen LogP contribution in [0.15, 0.2) is 60.0 Å². The number of imidazole rings is 1. The van der Waals surface area contributed by atoms with Crippen LogP contribution in [0, 0.1) is 5.92 Å². The molecule has 0 radical (unpaired) electrons. The van der Waals surface area contributed by atoms with E-state index in [1.807, 2.05) is 60.3 Å². The molecule has 0 spiro atoms. The van der Waals surface area contributed by atoms with Crippen LogP contribution in [0.2, 0.25) is 0 Å². The van der Waals surface area contributed by atoms with Crippen molar-refractivity contribution in [3.8, 4) is 0 Å². The van der Waals surface area contributed by atoms with Crippen LogP contribution >= 0.6 is 11.8 Å². The summed E-state index contributed by atoms with van der Waals surface area (Å²) in [7, 11) is 1.94. The van der Waals surface area contributed by atoms with Crippen molar-refractivity contribution >= 4 is 40.0 Å². The van der Waals surface area contributed by atoms with E-state index in [1.165, 1.54) is 0 Å². The molecule has 1 N–H and O–H groups in total. The van der Waals surface area contributed by atoms with E-state index < -0.39 is 0 Å². The summed E-state index contributed by atoms with van der Waals surface area (Å²) >= 11 is 1.60. The Morgan fingerprint density at radius 2 is 2.07 bits per heavy atom. The van der Waals surface area contributed by atoms with Gasteiger partial charge in [-0.1, -0.05) is 48.2 Å². The average molecular weight is 395 g/mol. The number of nitrogens with zero attached hydrogens (tertiary/aromatic N) is 3. The molecule has 1 aliphatic heterocycles. The van der Waals surface area contributed by atoms with E-state index >= 15 is 0 Å². The molecule has 1 unspecified atom stereocenters. The van der Waals surface area contributed by atoms with Crippen molar-refractivity contribution < 1.29 is 9.59 Å². The molecule has 1 aromatic heterocycles. The zero-order chi connectivity index (χ0) is 19.5. The molecule has 1 saturated heterocycles. The summed E-state index contributed by atoms with van der Waals surface area (Å²) in [6.45, 7) is 0.973. The highest BCUT2D eigenvalue weighted by Gasteiger charge is 2.35. The van der Waals surface area contributed by atoms with Crippen molar-refractivity contribution in [1.82, 2.24) is 14.9 Å². The maximum absolute atomic E-state index is 12.6. The molecule has 1 aliphatic rings. The SMILES string of the molecule is Cn1ccnc1SCCNC(=O)C1CC(=O)N(c2cccc3ccccc23)C1. The monoisotopic (exact) mass is 394 g/mol. The van der Waals surface area contributed by atoms with Gasteiger partial charge >= 0.3 is 0 Å². The molecule has 6 nitrogen and oxygen atoms in total. The van der Waals surface area contributed by atoms with Crippen LogP contribution in [0.5, 0.6) is 0 Å². The van der Waals surface area contributed by atoms with E-state index in [4.69, 9.17) is 0 Å². The van der Waals surface area contributed by atoms with E-state index in [9.17, 15) is 9.59 Å². The van der Waals surface area contributed by atoms with Crippen molar-refractivity contribution in [2.24, 2.45) is 13.0 Å². The maximum atomic E-state index is 12.6. The van der Waals surface area contributed by atoms with Crippen molar-refractivity contribution in [3.05, 3.63) is 54.9 Å². The lowest BCUT2D eigenvalue weighted by molar-refractivity contribution is -0.126. The number of aryl methyl sites for hydroxylation is 1. The molecule has 2 amide bonds. The number of nitrogens with one attached hydrogen (secondary N) is 1. The zero-order valence-electron chi connectivity index (χ0n) is 15.7. The van der Waals surface area contributed by atoms with Gasteiger partial charge in [0.25, 0.3) is 0 Å². The Balaban J connectivity index is 1.36. The normalized spacial score (nSPS) is 16.7. The first-order valence-electron chi connectivity index (χ1n) is 9.29. The van der Waals surface area contributed by atoms with Gasteiger partial charge in [0, 0.05) is 50.1 Å².